The fourth-order valence-electron chi connectivity index (χ4n) is 2.77. The molecule has 0 saturated carbocycles. The summed E-state index contributed by atoms with van der Waals surface area (Å²) in [6, 6.07) is 7.37. The Morgan fingerprint density at radius 2 is 2.21 bits per heavy atom. The van der Waals surface area contributed by atoms with Gasteiger partial charge in [0, 0.05) is 5.56 Å². The summed E-state index contributed by atoms with van der Waals surface area (Å²) in [6.07, 6.45) is 0. The Balaban J connectivity index is 2.14. The lowest BCUT2D eigenvalue weighted by atomic mass is 9.80. The average molecular weight is 278 g/mol. The molecule has 3 rings (SSSR count). The van der Waals surface area contributed by atoms with Gasteiger partial charge in [-0.15, -0.1) is 0 Å². The van der Waals surface area contributed by atoms with Crippen molar-refractivity contribution in [3.63, 3.8) is 0 Å². The van der Waals surface area contributed by atoms with Crippen molar-refractivity contribution in [2.75, 3.05) is 7.11 Å². The highest BCUT2D eigenvalue weighted by Crippen LogP contribution is 2.44. The summed E-state index contributed by atoms with van der Waals surface area (Å²) in [6.45, 7) is 1.81. The highest BCUT2D eigenvalue weighted by molar-refractivity contribution is 7.80. The second-order valence-electron chi connectivity index (χ2n) is 4.82. The Kier molecular flexibility index (Phi) is 2.63. The van der Waals surface area contributed by atoms with E-state index in [1.165, 1.54) is 7.11 Å². The van der Waals surface area contributed by atoms with E-state index >= 15 is 0 Å². The molecule has 1 aromatic carbocycles. The van der Waals surface area contributed by atoms with E-state index in [0.717, 1.165) is 11.3 Å². The van der Waals surface area contributed by atoms with Crippen molar-refractivity contribution in [3.8, 4) is 5.75 Å². The monoisotopic (exact) mass is 278 g/mol. The molecule has 0 aliphatic carbocycles. The van der Waals surface area contributed by atoms with E-state index in [4.69, 9.17) is 21.7 Å². The highest BCUT2D eigenvalue weighted by Gasteiger charge is 2.55. The van der Waals surface area contributed by atoms with Crippen LogP contribution < -0.4 is 15.4 Å². The molecule has 3 atom stereocenters. The van der Waals surface area contributed by atoms with Crippen molar-refractivity contribution in [1.82, 2.24) is 10.6 Å². The van der Waals surface area contributed by atoms with Crippen LogP contribution in [0.1, 0.15) is 18.5 Å². The number of benzene rings is 1. The van der Waals surface area contributed by atoms with E-state index in [2.05, 4.69) is 10.6 Å². The Morgan fingerprint density at radius 1 is 1.47 bits per heavy atom. The summed E-state index contributed by atoms with van der Waals surface area (Å²) in [7, 11) is 1.38. The fraction of sp³-hybridized carbons (Fsp3) is 0.385. The van der Waals surface area contributed by atoms with Gasteiger partial charge in [0.15, 0.2) is 10.8 Å². The van der Waals surface area contributed by atoms with Gasteiger partial charge in [0.2, 0.25) is 0 Å². The zero-order chi connectivity index (χ0) is 13.6. The second-order valence-corrected chi connectivity index (χ2v) is 5.23. The van der Waals surface area contributed by atoms with Crippen LogP contribution in [0.5, 0.6) is 5.75 Å². The van der Waals surface area contributed by atoms with E-state index in [1.807, 2.05) is 31.2 Å². The molecule has 19 heavy (non-hydrogen) atoms. The molecule has 6 heteroatoms. The molecule has 2 bridgehead atoms. The van der Waals surface area contributed by atoms with Crippen LogP contribution in [-0.2, 0) is 9.53 Å². The normalized spacial score (nSPS) is 31.4. The van der Waals surface area contributed by atoms with Gasteiger partial charge in [-0.3, -0.25) is 4.79 Å². The number of fused-ring (bicyclic) bond motifs is 4. The van der Waals surface area contributed by atoms with Gasteiger partial charge < -0.3 is 20.1 Å². The topological polar surface area (TPSA) is 59.6 Å². The molecule has 5 nitrogen and oxygen atoms in total. The lowest BCUT2D eigenvalue weighted by molar-refractivity contribution is -0.159. The van der Waals surface area contributed by atoms with Gasteiger partial charge in [-0.05, 0) is 25.2 Å². The van der Waals surface area contributed by atoms with Crippen molar-refractivity contribution in [3.05, 3.63) is 29.8 Å². The lowest BCUT2D eigenvalue weighted by Gasteiger charge is -2.49. The fourth-order valence-corrected chi connectivity index (χ4v) is 3.10. The minimum atomic E-state index is -0.894. The minimum Gasteiger partial charge on any atom is -0.469 e. The Hall–Kier alpha value is -1.82. The molecular formula is C13H14N2O3S. The van der Waals surface area contributed by atoms with E-state index in [-0.39, 0.29) is 12.0 Å². The Morgan fingerprint density at radius 3 is 2.95 bits per heavy atom. The molecule has 0 spiro atoms. The maximum Gasteiger partial charge on any atom is 0.317 e. The molecule has 1 fully saturated rings. The molecule has 0 aromatic heterocycles. The molecule has 1 aromatic rings. The van der Waals surface area contributed by atoms with Crippen molar-refractivity contribution < 1.29 is 14.3 Å². The first-order valence-electron chi connectivity index (χ1n) is 5.99. The predicted octanol–water partition coefficient (Wildman–Crippen LogP) is 1.10. The molecule has 2 aliphatic rings. The van der Waals surface area contributed by atoms with Gasteiger partial charge >= 0.3 is 5.97 Å². The summed E-state index contributed by atoms with van der Waals surface area (Å²) >= 11 is 5.18. The smallest absolute Gasteiger partial charge is 0.317 e. The van der Waals surface area contributed by atoms with Crippen LogP contribution in [0.2, 0.25) is 0 Å². The molecule has 0 amide bonds. The third-order valence-electron chi connectivity index (χ3n) is 3.61. The summed E-state index contributed by atoms with van der Waals surface area (Å²) in [5.74, 6) is -0.0822. The van der Waals surface area contributed by atoms with Gasteiger partial charge in [-0.1, -0.05) is 18.2 Å². The quantitative estimate of drug-likeness (QED) is 0.593. The molecule has 1 saturated heterocycles. The van der Waals surface area contributed by atoms with Gasteiger partial charge in [-0.2, -0.15) is 0 Å². The van der Waals surface area contributed by atoms with Crippen LogP contribution in [0, 0.1) is 5.92 Å². The zero-order valence-corrected chi connectivity index (χ0v) is 11.4. The zero-order valence-electron chi connectivity index (χ0n) is 10.6. The van der Waals surface area contributed by atoms with Gasteiger partial charge in [0.05, 0.1) is 13.2 Å². The number of methoxy groups -OCH3 is 1. The number of thiocarbonyl (C=S) groups is 1. The third-order valence-corrected chi connectivity index (χ3v) is 3.83. The van der Waals surface area contributed by atoms with Gasteiger partial charge in [-0.25, -0.2) is 0 Å². The second kappa shape index (κ2) is 4.09. The molecule has 100 valence electrons. The summed E-state index contributed by atoms with van der Waals surface area (Å²) < 4.78 is 10.9. The largest absolute Gasteiger partial charge is 0.469 e. The van der Waals surface area contributed by atoms with E-state index < -0.39 is 11.6 Å². The van der Waals surface area contributed by atoms with Crippen LogP contribution in [0.4, 0.5) is 0 Å². The molecule has 2 aliphatic heterocycles. The van der Waals surface area contributed by atoms with E-state index in [0.29, 0.717) is 5.11 Å². The summed E-state index contributed by atoms with van der Waals surface area (Å²) in [5, 5.41) is 6.64. The number of nitrogens with one attached hydrogen (secondary N) is 2. The molecule has 0 radical (unpaired) electrons. The molecule has 2 N–H and O–H groups in total. The maximum atomic E-state index is 12.1. The average Bonchev–Trinajstić information content (AvgIpc) is 2.36. The number of rotatable bonds is 1. The number of hydrogen-bond donors (Lipinski definition) is 2. The summed E-state index contributed by atoms with van der Waals surface area (Å²) in [5.41, 5.74) is 0.0216. The van der Waals surface area contributed by atoms with Crippen molar-refractivity contribution in [1.29, 1.82) is 0 Å². The van der Waals surface area contributed by atoms with Gasteiger partial charge in [0.25, 0.3) is 0 Å². The standard InChI is InChI=1S/C13H14N2O3S/c1-13-9(11(16)17-2)10(14-12(19)15-13)7-5-3-4-6-8(7)18-13/h3-6,9-10H,1-2H3,(H2,14,15,19)/t9?,10-,13+/m1/s1. The van der Waals surface area contributed by atoms with Crippen LogP contribution in [0.15, 0.2) is 24.3 Å². The number of carbonyl (C=O) groups is 1. The van der Waals surface area contributed by atoms with Crippen LogP contribution in [0.3, 0.4) is 0 Å². The first-order chi connectivity index (χ1) is 9.05. The first kappa shape index (κ1) is 12.2. The van der Waals surface area contributed by atoms with Crippen molar-refractivity contribution in [2.45, 2.75) is 18.7 Å². The highest BCUT2D eigenvalue weighted by atomic mass is 32.1. The summed E-state index contributed by atoms with van der Waals surface area (Å²) in [4.78, 5) is 12.1. The lowest BCUT2D eigenvalue weighted by Crippen LogP contribution is -2.69. The van der Waals surface area contributed by atoms with Crippen LogP contribution in [0.25, 0.3) is 0 Å². The molecule has 2 heterocycles. The van der Waals surface area contributed by atoms with E-state index in [9.17, 15) is 4.79 Å². The number of carbonyl (C=O) groups excluding carboxylic acids is 1. The number of ether oxygens (including phenoxy) is 2. The minimum absolute atomic E-state index is 0.240. The van der Waals surface area contributed by atoms with Crippen molar-refractivity contribution >= 4 is 23.3 Å². The van der Waals surface area contributed by atoms with Crippen LogP contribution >= 0.6 is 12.2 Å². The Bertz CT molecular complexity index is 563. The first-order valence-corrected chi connectivity index (χ1v) is 6.40. The molecule has 1 unspecified atom stereocenters. The van der Waals surface area contributed by atoms with Crippen LogP contribution in [-0.4, -0.2) is 23.9 Å². The SMILES string of the molecule is COC(=O)C1[C@@H]2NC(=S)N[C@@]1(C)Oc1ccccc12. The molecular weight excluding hydrogens is 264 g/mol. The number of para-hydroxylation sites is 1. The third kappa shape index (κ3) is 1.74. The predicted molar refractivity (Wildman–Crippen MR) is 72.6 cm³/mol. The Labute approximate surface area is 116 Å². The van der Waals surface area contributed by atoms with E-state index in [1.54, 1.807) is 0 Å². The number of hydrogen-bond acceptors (Lipinski definition) is 4. The maximum absolute atomic E-state index is 12.1. The van der Waals surface area contributed by atoms with Crippen molar-refractivity contribution in [2.24, 2.45) is 5.92 Å². The number of esters is 1. The van der Waals surface area contributed by atoms with Gasteiger partial charge in [0.1, 0.15) is 11.7 Å².